The fourth-order valence-corrected chi connectivity index (χ4v) is 7.61. The van der Waals surface area contributed by atoms with E-state index in [2.05, 4.69) is 15.4 Å². The van der Waals surface area contributed by atoms with Gasteiger partial charge >= 0.3 is 18.3 Å². The normalized spacial score (nSPS) is 20.1. The topological polar surface area (TPSA) is 76.4 Å². The van der Waals surface area contributed by atoms with Gasteiger partial charge in [0, 0.05) is 31.7 Å². The summed E-state index contributed by atoms with van der Waals surface area (Å²) in [5, 5.41) is 12.4. The van der Waals surface area contributed by atoms with E-state index in [1.54, 1.807) is 4.90 Å². The zero-order valence-corrected chi connectivity index (χ0v) is 28.0. The van der Waals surface area contributed by atoms with Crippen LogP contribution in [-0.4, -0.2) is 46.4 Å². The van der Waals surface area contributed by atoms with Crippen LogP contribution in [0.1, 0.15) is 89.9 Å². The molecule has 1 aliphatic heterocycles. The second kappa shape index (κ2) is 14.5. The maximum Gasteiger partial charge on any atom is 0.416 e. The first-order valence-corrected chi connectivity index (χ1v) is 16.4. The van der Waals surface area contributed by atoms with Gasteiger partial charge in [-0.05, 0) is 109 Å². The number of carbonyl (C=O) groups excluding carboxylic acids is 1. The highest BCUT2D eigenvalue weighted by atomic mass is 19.4. The molecule has 8 nitrogen and oxygen atoms in total. The summed E-state index contributed by atoms with van der Waals surface area (Å²) in [6.45, 7) is 2.59. The van der Waals surface area contributed by atoms with Crippen LogP contribution >= 0.6 is 0 Å². The molecule has 0 bridgehead atoms. The minimum Gasteiger partial charge on any atom is -0.469 e. The van der Waals surface area contributed by atoms with Gasteiger partial charge in [0.2, 0.25) is 0 Å². The van der Waals surface area contributed by atoms with Crippen LogP contribution in [0.2, 0.25) is 0 Å². The van der Waals surface area contributed by atoms with Crippen molar-refractivity contribution in [2.24, 2.45) is 18.9 Å². The Bertz CT molecular complexity index is 1630. The van der Waals surface area contributed by atoms with Crippen LogP contribution in [0.5, 0.6) is 0 Å². The SMILES string of the molecule is COC(=O)C[C@H]1CC[C@H](CN2CCC[C@H](N(Cc3cc(CF)cc(C(F)(F)F)c3)c3nnn(C)n3)c3cc(C)c(C(F)(F)F)c(C)c32)CC1. The number of ether oxygens (including phenoxy) is 1. The molecule has 0 saturated heterocycles. The lowest BCUT2D eigenvalue weighted by Gasteiger charge is -2.37. The van der Waals surface area contributed by atoms with Crippen LogP contribution in [0.3, 0.4) is 0 Å². The van der Waals surface area contributed by atoms with Crippen molar-refractivity contribution in [3.05, 3.63) is 63.2 Å². The van der Waals surface area contributed by atoms with Crippen molar-refractivity contribution in [2.75, 3.05) is 30.0 Å². The number of fused-ring (bicyclic) bond motifs is 1. The Morgan fingerprint density at radius 2 is 1.63 bits per heavy atom. The molecule has 268 valence electrons. The number of benzene rings is 2. The molecule has 49 heavy (non-hydrogen) atoms. The average molecular weight is 699 g/mol. The number of esters is 1. The summed E-state index contributed by atoms with van der Waals surface area (Å²) in [7, 11) is 2.90. The molecule has 1 fully saturated rings. The molecular weight excluding hydrogens is 657 g/mol. The molecule has 2 aliphatic rings. The number of nitrogens with zero attached hydrogens (tertiary/aromatic N) is 6. The summed E-state index contributed by atoms with van der Waals surface area (Å²) < 4.78 is 104. The average Bonchev–Trinajstić information content (AvgIpc) is 3.38. The Labute approximate surface area is 280 Å². The Kier molecular flexibility index (Phi) is 10.8. The molecule has 0 spiro atoms. The summed E-state index contributed by atoms with van der Waals surface area (Å²) in [6.07, 6.45) is -4.73. The molecule has 1 atom stereocenters. The van der Waals surface area contributed by atoms with Gasteiger partial charge in [0.25, 0.3) is 5.95 Å². The van der Waals surface area contributed by atoms with Gasteiger partial charge in [-0.1, -0.05) is 17.2 Å². The second-order valence-electron chi connectivity index (χ2n) is 13.3. The minimum absolute atomic E-state index is 0.0322. The van der Waals surface area contributed by atoms with Crippen molar-refractivity contribution in [3.8, 4) is 0 Å². The zero-order valence-electron chi connectivity index (χ0n) is 28.0. The summed E-state index contributed by atoms with van der Waals surface area (Å²) >= 11 is 0. The van der Waals surface area contributed by atoms with Crippen LogP contribution < -0.4 is 9.80 Å². The van der Waals surface area contributed by atoms with Crippen molar-refractivity contribution in [1.29, 1.82) is 0 Å². The molecule has 5 rings (SSSR count). The third-order valence-corrected chi connectivity index (χ3v) is 9.78. The monoisotopic (exact) mass is 698 g/mol. The first kappa shape index (κ1) is 36.4. The number of hydrogen-bond donors (Lipinski definition) is 0. The Balaban J connectivity index is 1.57. The van der Waals surface area contributed by atoms with Crippen molar-refractivity contribution in [2.45, 2.75) is 90.4 Å². The number of aryl methyl sites for hydroxylation is 2. The lowest BCUT2D eigenvalue weighted by atomic mass is 9.80. The molecule has 3 aromatic rings. The molecule has 1 saturated carbocycles. The van der Waals surface area contributed by atoms with Gasteiger partial charge in [-0.3, -0.25) is 4.79 Å². The largest absolute Gasteiger partial charge is 0.469 e. The van der Waals surface area contributed by atoms with E-state index < -0.39 is 36.2 Å². The summed E-state index contributed by atoms with van der Waals surface area (Å²) in [4.78, 5) is 16.7. The maximum atomic E-state index is 14.5. The van der Waals surface area contributed by atoms with Crippen molar-refractivity contribution in [1.82, 2.24) is 20.2 Å². The molecular formula is C34H41F7N6O2. The van der Waals surface area contributed by atoms with Crippen LogP contribution in [0.15, 0.2) is 24.3 Å². The van der Waals surface area contributed by atoms with E-state index in [-0.39, 0.29) is 52.6 Å². The fraction of sp³-hybridized carbons (Fsp3) is 0.588. The lowest BCUT2D eigenvalue weighted by molar-refractivity contribution is -0.142. The highest BCUT2D eigenvalue weighted by Crippen LogP contribution is 2.47. The predicted octanol–water partition coefficient (Wildman–Crippen LogP) is 8.05. The second-order valence-corrected chi connectivity index (χ2v) is 13.3. The number of anilines is 2. The Morgan fingerprint density at radius 3 is 2.22 bits per heavy atom. The maximum absolute atomic E-state index is 14.5. The number of rotatable bonds is 9. The van der Waals surface area contributed by atoms with Gasteiger partial charge in [-0.2, -0.15) is 31.1 Å². The standard InChI is InChI=1S/C34H41F7N6O2/c1-20-12-27-28(47(32-42-44-45(3)43-32)19-25-13-24(17-35)14-26(15-25)33(36,37)38)6-5-11-46(31(27)21(2)30(20)34(39,40)41)18-23-9-7-22(8-10-23)16-29(48)49-4/h12-15,22-23,28H,5-11,16-19H2,1-4H3/t22-,23-,28-/m0/s1. The van der Waals surface area contributed by atoms with E-state index in [1.807, 2.05) is 4.90 Å². The van der Waals surface area contributed by atoms with Gasteiger partial charge in [-0.15, -0.1) is 5.10 Å². The van der Waals surface area contributed by atoms with Crippen LogP contribution in [0.25, 0.3) is 0 Å². The number of alkyl halides is 7. The molecule has 2 heterocycles. The third-order valence-electron chi connectivity index (χ3n) is 9.78. The first-order chi connectivity index (χ1) is 23.1. The zero-order chi connectivity index (χ0) is 35.7. The first-order valence-electron chi connectivity index (χ1n) is 16.4. The smallest absolute Gasteiger partial charge is 0.416 e. The predicted molar refractivity (Wildman–Crippen MR) is 168 cm³/mol. The molecule has 1 aliphatic carbocycles. The van der Waals surface area contributed by atoms with E-state index >= 15 is 0 Å². The van der Waals surface area contributed by atoms with Gasteiger partial charge in [0.1, 0.15) is 6.67 Å². The van der Waals surface area contributed by atoms with E-state index in [0.717, 1.165) is 37.8 Å². The van der Waals surface area contributed by atoms with Gasteiger partial charge in [-0.25, -0.2) is 4.39 Å². The number of hydrogen-bond acceptors (Lipinski definition) is 7. The number of tetrazole rings is 1. The number of aromatic nitrogens is 4. The highest BCUT2D eigenvalue weighted by molar-refractivity contribution is 5.69. The molecule has 0 unspecified atom stereocenters. The van der Waals surface area contributed by atoms with Gasteiger partial charge in [0.15, 0.2) is 0 Å². The highest BCUT2D eigenvalue weighted by Gasteiger charge is 2.40. The van der Waals surface area contributed by atoms with Gasteiger partial charge in [0.05, 0.1) is 31.3 Å². The van der Waals surface area contributed by atoms with E-state index in [1.165, 1.54) is 44.9 Å². The van der Waals surface area contributed by atoms with E-state index in [0.29, 0.717) is 43.6 Å². The number of methoxy groups -OCH3 is 1. The number of halogens is 7. The van der Waals surface area contributed by atoms with Crippen LogP contribution in [0.4, 0.5) is 42.4 Å². The summed E-state index contributed by atoms with van der Waals surface area (Å²) in [5.41, 5.74) is -0.559. The molecule has 15 heteroatoms. The third kappa shape index (κ3) is 8.29. The number of carbonyl (C=O) groups is 1. The quantitative estimate of drug-likeness (QED) is 0.165. The molecule has 2 aromatic carbocycles. The molecule has 0 radical (unpaired) electrons. The van der Waals surface area contributed by atoms with Crippen molar-refractivity contribution in [3.63, 3.8) is 0 Å². The summed E-state index contributed by atoms with van der Waals surface area (Å²) in [6, 6.07) is 3.96. The summed E-state index contributed by atoms with van der Waals surface area (Å²) in [5.74, 6) is 0.225. The van der Waals surface area contributed by atoms with Crippen LogP contribution in [0, 0.1) is 25.7 Å². The van der Waals surface area contributed by atoms with E-state index in [9.17, 15) is 35.5 Å². The fourth-order valence-electron chi connectivity index (χ4n) is 7.61. The minimum atomic E-state index is -4.72. The molecule has 0 amide bonds. The van der Waals surface area contributed by atoms with Crippen molar-refractivity contribution >= 4 is 17.6 Å². The lowest BCUT2D eigenvalue weighted by Crippen LogP contribution is -2.34. The van der Waals surface area contributed by atoms with Crippen molar-refractivity contribution < 1.29 is 40.3 Å². The van der Waals surface area contributed by atoms with Crippen LogP contribution in [-0.2, 0) is 42.2 Å². The van der Waals surface area contributed by atoms with E-state index in [4.69, 9.17) is 4.74 Å². The van der Waals surface area contributed by atoms with Gasteiger partial charge < -0.3 is 14.5 Å². The molecule has 1 aromatic heterocycles. The Morgan fingerprint density at radius 1 is 0.959 bits per heavy atom. The Hall–Kier alpha value is -3.91. The molecule has 0 N–H and O–H groups in total.